The SMILES string of the molecule is N=C=O.O=C1C[C@H]2SCC=CN12. The van der Waals surface area contributed by atoms with Crippen LogP contribution in [-0.2, 0) is 9.59 Å². The smallest absolute Gasteiger partial charge is 0.231 e. The average molecular weight is 184 g/mol. The minimum absolute atomic E-state index is 0.267. The van der Waals surface area contributed by atoms with Gasteiger partial charge in [-0.2, -0.15) is 0 Å². The van der Waals surface area contributed by atoms with Gasteiger partial charge in [0.25, 0.3) is 0 Å². The van der Waals surface area contributed by atoms with Gasteiger partial charge in [-0.05, 0) is 0 Å². The number of carbonyl (C=O) groups excluding carboxylic acids is 2. The molecule has 1 N–H and O–H groups in total. The van der Waals surface area contributed by atoms with Crippen molar-refractivity contribution in [1.29, 1.82) is 5.41 Å². The van der Waals surface area contributed by atoms with Gasteiger partial charge in [-0.15, -0.1) is 11.8 Å². The number of amides is 1. The molecule has 64 valence electrons. The van der Waals surface area contributed by atoms with E-state index in [1.54, 1.807) is 4.90 Å². The van der Waals surface area contributed by atoms with Gasteiger partial charge in [0.05, 0.1) is 11.8 Å². The Kier molecular flexibility index (Phi) is 3.08. The zero-order valence-corrected chi connectivity index (χ0v) is 7.13. The predicted octanol–water partition coefficient (Wildman–Crippen LogP) is 0.706. The quantitative estimate of drug-likeness (QED) is 0.342. The fourth-order valence-electron chi connectivity index (χ4n) is 1.04. The molecule has 4 nitrogen and oxygen atoms in total. The molecule has 0 bridgehead atoms. The molecule has 1 amide bonds. The second kappa shape index (κ2) is 4.09. The van der Waals surface area contributed by atoms with E-state index in [0.29, 0.717) is 5.37 Å². The summed E-state index contributed by atoms with van der Waals surface area (Å²) in [6.45, 7) is 0. The highest BCUT2D eigenvalue weighted by molar-refractivity contribution is 8.00. The Hall–Kier alpha value is -1.06. The summed E-state index contributed by atoms with van der Waals surface area (Å²) in [5, 5.41) is 5.88. The van der Waals surface area contributed by atoms with Crippen LogP contribution in [0, 0.1) is 5.41 Å². The van der Waals surface area contributed by atoms with Crippen molar-refractivity contribution in [3.05, 3.63) is 12.3 Å². The minimum Gasteiger partial charge on any atom is -0.306 e. The van der Waals surface area contributed by atoms with E-state index < -0.39 is 0 Å². The van der Waals surface area contributed by atoms with E-state index in [0.717, 1.165) is 18.3 Å². The molecule has 1 atom stereocenters. The van der Waals surface area contributed by atoms with Crippen molar-refractivity contribution in [2.45, 2.75) is 11.8 Å². The maximum Gasteiger partial charge on any atom is 0.231 e. The maximum atomic E-state index is 10.7. The van der Waals surface area contributed by atoms with E-state index in [1.165, 1.54) is 0 Å². The Morgan fingerprint density at radius 3 is 2.83 bits per heavy atom. The fourth-order valence-corrected chi connectivity index (χ4v) is 2.07. The Morgan fingerprint density at radius 2 is 2.42 bits per heavy atom. The molecule has 1 saturated heterocycles. The summed E-state index contributed by atoms with van der Waals surface area (Å²) in [5.74, 6) is 1.33. The highest BCUT2D eigenvalue weighted by Gasteiger charge is 2.35. The molecule has 0 unspecified atom stereocenters. The molecular weight excluding hydrogens is 176 g/mol. The number of β-lactam (4-membered cyclic amide) rings is 1. The van der Waals surface area contributed by atoms with Gasteiger partial charge in [0.2, 0.25) is 12.0 Å². The normalized spacial score (nSPS) is 24.5. The topological polar surface area (TPSA) is 61.2 Å². The number of fused-ring (bicyclic) bond motifs is 1. The molecule has 0 radical (unpaired) electrons. The Morgan fingerprint density at radius 1 is 1.75 bits per heavy atom. The number of nitrogens with one attached hydrogen (secondary N) is 1. The molecule has 0 saturated carbocycles. The van der Waals surface area contributed by atoms with E-state index in [2.05, 4.69) is 0 Å². The number of carbonyl (C=O) groups is 1. The lowest BCUT2D eigenvalue weighted by Crippen LogP contribution is -2.48. The van der Waals surface area contributed by atoms with Crippen LogP contribution < -0.4 is 0 Å². The summed E-state index contributed by atoms with van der Waals surface area (Å²) in [5.41, 5.74) is 0. The fraction of sp³-hybridized carbons (Fsp3) is 0.429. The molecule has 2 aliphatic rings. The van der Waals surface area contributed by atoms with Gasteiger partial charge in [0.15, 0.2) is 0 Å². The zero-order valence-electron chi connectivity index (χ0n) is 6.32. The molecule has 1 fully saturated rings. The molecule has 2 heterocycles. The van der Waals surface area contributed by atoms with E-state index in [4.69, 9.17) is 10.2 Å². The van der Waals surface area contributed by atoms with E-state index >= 15 is 0 Å². The summed E-state index contributed by atoms with van der Waals surface area (Å²) in [4.78, 5) is 20.9. The standard InChI is InChI=1S/C6H7NOS.CHNO/c8-5-4-6-7(5)2-1-3-9-6;2-1-3/h1-2,6H,3-4H2;2H/t6-;/m1./s1. The third-order valence-electron chi connectivity index (χ3n) is 1.60. The predicted molar refractivity (Wildman–Crippen MR) is 45.3 cm³/mol. The van der Waals surface area contributed by atoms with Gasteiger partial charge >= 0.3 is 0 Å². The van der Waals surface area contributed by atoms with Crippen molar-refractivity contribution in [3.63, 3.8) is 0 Å². The van der Waals surface area contributed by atoms with Crippen LogP contribution in [0.5, 0.6) is 0 Å². The van der Waals surface area contributed by atoms with Gasteiger partial charge in [0, 0.05) is 12.0 Å². The van der Waals surface area contributed by atoms with Crippen molar-refractivity contribution in [1.82, 2.24) is 4.90 Å². The first-order valence-electron chi connectivity index (χ1n) is 3.43. The van der Waals surface area contributed by atoms with Crippen LogP contribution in [0.4, 0.5) is 0 Å². The number of rotatable bonds is 0. The highest BCUT2D eigenvalue weighted by Crippen LogP contribution is 2.32. The lowest BCUT2D eigenvalue weighted by atomic mass is 10.2. The number of nitrogens with zero attached hydrogens (tertiary/aromatic N) is 1. The van der Waals surface area contributed by atoms with Crippen LogP contribution in [0.3, 0.4) is 0 Å². The summed E-state index contributed by atoms with van der Waals surface area (Å²) in [7, 11) is 0. The van der Waals surface area contributed by atoms with Gasteiger partial charge < -0.3 is 4.90 Å². The third-order valence-corrected chi connectivity index (χ3v) is 2.76. The Balaban J connectivity index is 0.000000213. The van der Waals surface area contributed by atoms with Crippen LogP contribution in [0.25, 0.3) is 0 Å². The highest BCUT2D eigenvalue weighted by atomic mass is 32.2. The molecule has 2 aliphatic heterocycles. The molecule has 0 spiro atoms. The zero-order chi connectivity index (χ0) is 8.97. The molecular formula is C7H8N2O2S. The van der Waals surface area contributed by atoms with E-state index in [1.807, 2.05) is 24.0 Å². The first kappa shape index (κ1) is 9.03. The molecule has 2 rings (SSSR count). The number of hydrogen-bond donors (Lipinski definition) is 1. The summed E-state index contributed by atoms with van der Waals surface area (Å²) < 4.78 is 0. The average Bonchev–Trinajstić information content (AvgIpc) is 2.04. The maximum absolute atomic E-state index is 10.7. The van der Waals surface area contributed by atoms with Crippen molar-refractivity contribution in [2.24, 2.45) is 0 Å². The summed E-state index contributed by atoms with van der Waals surface area (Å²) in [6.07, 6.45) is 5.42. The van der Waals surface area contributed by atoms with Gasteiger partial charge in [0.1, 0.15) is 0 Å². The summed E-state index contributed by atoms with van der Waals surface area (Å²) in [6, 6.07) is 0. The first-order valence-corrected chi connectivity index (χ1v) is 4.47. The second-order valence-corrected chi connectivity index (χ2v) is 3.49. The molecule has 0 aromatic carbocycles. The van der Waals surface area contributed by atoms with Crippen molar-refractivity contribution < 1.29 is 9.59 Å². The summed E-state index contributed by atoms with van der Waals surface area (Å²) >= 11 is 1.84. The lowest BCUT2D eigenvalue weighted by molar-refractivity contribution is -0.137. The van der Waals surface area contributed by atoms with Crippen molar-refractivity contribution in [3.8, 4) is 0 Å². The minimum atomic E-state index is 0.267. The molecule has 0 aromatic rings. The van der Waals surface area contributed by atoms with E-state index in [9.17, 15) is 4.79 Å². The first-order chi connectivity index (χ1) is 5.79. The van der Waals surface area contributed by atoms with Crippen LogP contribution in [0.15, 0.2) is 12.3 Å². The third kappa shape index (κ3) is 1.75. The van der Waals surface area contributed by atoms with Crippen LogP contribution in [0.2, 0.25) is 0 Å². The van der Waals surface area contributed by atoms with Crippen LogP contribution in [0.1, 0.15) is 6.42 Å². The van der Waals surface area contributed by atoms with Crippen molar-refractivity contribution in [2.75, 3.05) is 5.75 Å². The Bertz CT molecular complexity index is 246. The number of hydrogen-bond acceptors (Lipinski definition) is 4. The van der Waals surface area contributed by atoms with Gasteiger partial charge in [-0.1, -0.05) is 6.08 Å². The monoisotopic (exact) mass is 184 g/mol. The second-order valence-electron chi connectivity index (χ2n) is 2.28. The van der Waals surface area contributed by atoms with Crippen LogP contribution in [-0.4, -0.2) is 28.0 Å². The molecule has 12 heavy (non-hydrogen) atoms. The molecule has 5 heteroatoms. The largest absolute Gasteiger partial charge is 0.306 e. The Labute approximate surface area is 74.1 Å². The molecule has 0 aliphatic carbocycles. The number of isocyanates is 1. The van der Waals surface area contributed by atoms with Gasteiger partial charge in [-0.3, -0.25) is 4.79 Å². The van der Waals surface area contributed by atoms with Gasteiger partial charge in [-0.25, -0.2) is 10.2 Å². The van der Waals surface area contributed by atoms with Crippen molar-refractivity contribution >= 4 is 23.7 Å². The number of thioether (sulfide) groups is 1. The molecule has 0 aromatic heterocycles. The lowest BCUT2D eigenvalue weighted by Gasteiger charge is -2.39. The van der Waals surface area contributed by atoms with Crippen LogP contribution >= 0.6 is 11.8 Å². The van der Waals surface area contributed by atoms with E-state index in [-0.39, 0.29) is 5.91 Å².